The average Bonchev–Trinajstić information content (AvgIpc) is 2.35. The lowest BCUT2D eigenvalue weighted by Crippen LogP contribution is -2.36. The van der Waals surface area contributed by atoms with Crippen LogP contribution in [0.4, 0.5) is 10.7 Å². The number of hydrogen-bond acceptors (Lipinski definition) is 4. The maximum atomic E-state index is 11.4. The van der Waals surface area contributed by atoms with Gasteiger partial charge in [0, 0.05) is 18.9 Å². The Balaban J connectivity index is 2.38. The van der Waals surface area contributed by atoms with Gasteiger partial charge in [0.1, 0.15) is 0 Å². The highest BCUT2D eigenvalue weighted by molar-refractivity contribution is 5.87. The number of aromatic nitrogens is 2. The maximum absolute atomic E-state index is 11.4. The Bertz CT molecular complexity index is 397. The first-order valence-electron chi connectivity index (χ1n) is 5.68. The minimum atomic E-state index is -0.909. The number of amides is 2. The van der Waals surface area contributed by atoms with Gasteiger partial charge in [-0.3, -0.25) is 10.1 Å². The molecule has 1 rings (SSSR count). The van der Waals surface area contributed by atoms with Crippen molar-refractivity contribution in [2.45, 2.75) is 19.8 Å². The Morgan fingerprint density at radius 3 is 2.61 bits per heavy atom. The molecule has 98 valence electrons. The highest BCUT2D eigenvalue weighted by Gasteiger charge is 2.17. The van der Waals surface area contributed by atoms with Crippen LogP contribution in [0.1, 0.15) is 19.8 Å². The molecule has 1 atom stereocenters. The number of hydrogen-bond donors (Lipinski definition) is 3. The third-order valence-electron chi connectivity index (χ3n) is 2.29. The van der Waals surface area contributed by atoms with Gasteiger partial charge in [0.25, 0.3) is 0 Å². The summed E-state index contributed by atoms with van der Waals surface area (Å²) < 4.78 is 0. The van der Waals surface area contributed by atoms with Gasteiger partial charge in [0.2, 0.25) is 5.95 Å². The van der Waals surface area contributed by atoms with Crippen molar-refractivity contribution in [2.24, 2.45) is 5.92 Å². The van der Waals surface area contributed by atoms with Gasteiger partial charge in [-0.25, -0.2) is 14.8 Å². The molecule has 0 aliphatic rings. The van der Waals surface area contributed by atoms with Crippen molar-refractivity contribution < 1.29 is 14.7 Å². The first kappa shape index (κ1) is 13.9. The minimum absolute atomic E-state index is 0.0852. The van der Waals surface area contributed by atoms with Crippen LogP contribution < -0.4 is 10.6 Å². The molecule has 2 amide bonds. The number of nitrogens with one attached hydrogen (secondary N) is 2. The molecule has 18 heavy (non-hydrogen) atoms. The molecule has 7 heteroatoms. The topological polar surface area (TPSA) is 104 Å². The van der Waals surface area contributed by atoms with Gasteiger partial charge in [-0.2, -0.15) is 0 Å². The molecular weight excluding hydrogens is 236 g/mol. The second-order valence-corrected chi connectivity index (χ2v) is 3.73. The van der Waals surface area contributed by atoms with Crippen LogP contribution >= 0.6 is 0 Å². The summed E-state index contributed by atoms with van der Waals surface area (Å²) >= 11 is 0. The molecule has 0 saturated heterocycles. The molecule has 0 aliphatic heterocycles. The second kappa shape index (κ2) is 7.21. The minimum Gasteiger partial charge on any atom is -0.481 e. The molecule has 7 nitrogen and oxygen atoms in total. The third kappa shape index (κ3) is 4.77. The lowest BCUT2D eigenvalue weighted by atomic mass is 10.0. The number of carboxylic acid groups (broad SMARTS) is 1. The van der Waals surface area contributed by atoms with E-state index < -0.39 is 17.9 Å². The summed E-state index contributed by atoms with van der Waals surface area (Å²) in [7, 11) is 0. The van der Waals surface area contributed by atoms with Gasteiger partial charge < -0.3 is 10.4 Å². The van der Waals surface area contributed by atoms with Crippen LogP contribution in [0.25, 0.3) is 0 Å². The molecule has 1 aromatic heterocycles. The van der Waals surface area contributed by atoms with E-state index >= 15 is 0 Å². The highest BCUT2D eigenvalue weighted by atomic mass is 16.4. The first-order valence-corrected chi connectivity index (χ1v) is 5.68. The fourth-order valence-corrected chi connectivity index (χ4v) is 1.39. The van der Waals surface area contributed by atoms with E-state index in [-0.39, 0.29) is 12.5 Å². The Morgan fingerprint density at radius 2 is 2.06 bits per heavy atom. The molecule has 0 fully saturated rings. The van der Waals surface area contributed by atoms with E-state index in [1.807, 2.05) is 6.92 Å². The van der Waals surface area contributed by atoms with Gasteiger partial charge in [0.05, 0.1) is 5.92 Å². The summed E-state index contributed by atoms with van der Waals surface area (Å²) in [4.78, 5) is 29.9. The van der Waals surface area contributed by atoms with Crippen LogP contribution in [0.3, 0.4) is 0 Å². The van der Waals surface area contributed by atoms with Crippen LogP contribution in [0, 0.1) is 5.92 Å². The zero-order chi connectivity index (χ0) is 13.4. The normalized spacial score (nSPS) is 11.6. The van der Waals surface area contributed by atoms with Gasteiger partial charge in [0.15, 0.2) is 0 Å². The van der Waals surface area contributed by atoms with Gasteiger partial charge in [-0.1, -0.05) is 13.3 Å². The summed E-state index contributed by atoms with van der Waals surface area (Å²) in [6.07, 6.45) is 4.28. The lowest BCUT2D eigenvalue weighted by molar-refractivity contribution is -0.141. The maximum Gasteiger partial charge on any atom is 0.321 e. The third-order valence-corrected chi connectivity index (χ3v) is 2.29. The average molecular weight is 252 g/mol. The predicted octanol–water partition coefficient (Wildman–Crippen LogP) is 1.10. The fourth-order valence-electron chi connectivity index (χ4n) is 1.39. The second-order valence-electron chi connectivity index (χ2n) is 3.73. The number of carboxylic acids is 1. The summed E-state index contributed by atoms with van der Waals surface area (Å²) in [5.74, 6) is -1.30. The summed E-state index contributed by atoms with van der Waals surface area (Å²) in [6.45, 7) is 1.98. The van der Waals surface area contributed by atoms with Gasteiger partial charge >= 0.3 is 12.0 Å². The number of urea groups is 1. The molecule has 1 unspecified atom stereocenters. The summed E-state index contributed by atoms with van der Waals surface area (Å²) in [5, 5.41) is 13.8. The Kier molecular flexibility index (Phi) is 5.56. The van der Waals surface area contributed by atoms with Gasteiger partial charge in [-0.05, 0) is 12.5 Å². The van der Waals surface area contributed by atoms with Crippen molar-refractivity contribution >= 4 is 17.9 Å². The van der Waals surface area contributed by atoms with Crippen LogP contribution in [0.5, 0.6) is 0 Å². The molecule has 0 bridgehead atoms. The van der Waals surface area contributed by atoms with Crippen molar-refractivity contribution in [3.05, 3.63) is 18.5 Å². The summed E-state index contributed by atoms with van der Waals surface area (Å²) in [5.41, 5.74) is 0. The van der Waals surface area contributed by atoms with Crippen molar-refractivity contribution in [3.8, 4) is 0 Å². The highest BCUT2D eigenvalue weighted by Crippen LogP contribution is 2.05. The van der Waals surface area contributed by atoms with Crippen molar-refractivity contribution in [1.82, 2.24) is 15.3 Å². The molecule has 1 heterocycles. The first-order chi connectivity index (χ1) is 8.63. The van der Waals surface area contributed by atoms with E-state index in [2.05, 4.69) is 20.6 Å². The van der Waals surface area contributed by atoms with Crippen molar-refractivity contribution in [2.75, 3.05) is 11.9 Å². The van der Waals surface area contributed by atoms with E-state index in [9.17, 15) is 9.59 Å². The number of carbonyl (C=O) groups is 2. The zero-order valence-corrected chi connectivity index (χ0v) is 10.1. The molecule has 0 saturated carbocycles. The zero-order valence-electron chi connectivity index (χ0n) is 10.1. The van der Waals surface area contributed by atoms with Crippen LogP contribution in [-0.4, -0.2) is 33.6 Å². The number of rotatable bonds is 6. The number of anilines is 1. The molecule has 3 N–H and O–H groups in total. The Morgan fingerprint density at radius 1 is 1.39 bits per heavy atom. The standard InChI is InChI=1S/C11H16N4O3/c1-2-4-8(9(16)17)7-14-11(18)15-10-12-5-3-6-13-10/h3,5-6,8H,2,4,7H2,1H3,(H,16,17)(H2,12,13,14,15,18). The van der Waals surface area contributed by atoms with E-state index in [4.69, 9.17) is 5.11 Å². The quantitative estimate of drug-likeness (QED) is 0.703. The summed E-state index contributed by atoms with van der Waals surface area (Å²) in [6, 6.07) is 1.12. The van der Waals surface area contributed by atoms with E-state index in [0.717, 1.165) is 6.42 Å². The Labute approximate surface area is 105 Å². The van der Waals surface area contributed by atoms with E-state index in [0.29, 0.717) is 6.42 Å². The Hall–Kier alpha value is -2.18. The predicted molar refractivity (Wildman–Crippen MR) is 65.1 cm³/mol. The fraction of sp³-hybridized carbons (Fsp3) is 0.455. The van der Waals surface area contributed by atoms with E-state index in [1.165, 1.54) is 12.4 Å². The number of aliphatic carboxylic acids is 1. The number of carbonyl (C=O) groups excluding carboxylic acids is 1. The van der Waals surface area contributed by atoms with Crippen LogP contribution in [0.15, 0.2) is 18.5 Å². The van der Waals surface area contributed by atoms with E-state index in [1.54, 1.807) is 6.07 Å². The SMILES string of the molecule is CCCC(CNC(=O)Nc1ncccn1)C(=O)O. The molecule has 0 spiro atoms. The molecule has 0 aromatic carbocycles. The van der Waals surface area contributed by atoms with Crippen LogP contribution in [-0.2, 0) is 4.79 Å². The molecule has 0 radical (unpaired) electrons. The van der Waals surface area contributed by atoms with Crippen LogP contribution in [0.2, 0.25) is 0 Å². The van der Waals surface area contributed by atoms with Crippen molar-refractivity contribution in [1.29, 1.82) is 0 Å². The van der Waals surface area contributed by atoms with Gasteiger partial charge in [-0.15, -0.1) is 0 Å². The molecular formula is C11H16N4O3. The molecule has 0 aliphatic carbocycles. The van der Waals surface area contributed by atoms with Crippen molar-refractivity contribution in [3.63, 3.8) is 0 Å². The smallest absolute Gasteiger partial charge is 0.321 e. The molecule has 1 aromatic rings. The monoisotopic (exact) mass is 252 g/mol. The number of nitrogens with zero attached hydrogens (tertiary/aromatic N) is 2. The lowest BCUT2D eigenvalue weighted by Gasteiger charge is -2.12. The largest absolute Gasteiger partial charge is 0.481 e.